The van der Waals surface area contributed by atoms with Crippen molar-refractivity contribution in [1.82, 2.24) is 33.9 Å². The highest BCUT2D eigenvalue weighted by Gasteiger charge is 2.43. The van der Waals surface area contributed by atoms with Crippen LogP contribution in [-0.2, 0) is 21.3 Å². The van der Waals surface area contributed by atoms with Crippen LogP contribution in [0.5, 0.6) is 0 Å². The maximum atomic E-state index is 13.8. The molecule has 5 rings (SSSR count). The molecule has 0 spiro atoms. The topological polar surface area (TPSA) is 152 Å². The second kappa shape index (κ2) is 11.4. The minimum Gasteiger partial charge on any atom is -0.395 e. The van der Waals surface area contributed by atoms with Gasteiger partial charge in [0.15, 0.2) is 5.01 Å². The summed E-state index contributed by atoms with van der Waals surface area (Å²) in [5.41, 5.74) is -1.04. The third kappa shape index (κ3) is 5.32. The summed E-state index contributed by atoms with van der Waals surface area (Å²) in [7, 11) is -1.16. The number of halogens is 3. The largest absolute Gasteiger partial charge is 0.395 e. The lowest BCUT2D eigenvalue weighted by molar-refractivity contribution is -0.0725. The number of imidazole rings is 1. The van der Waals surface area contributed by atoms with Gasteiger partial charge in [0.05, 0.1) is 42.3 Å². The Balaban J connectivity index is 1.75. The van der Waals surface area contributed by atoms with Crippen LogP contribution in [0.1, 0.15) is 23.4 Å². The van der Waals surface area contributed by atoms with Crippen molar-refractivity contribution in [2.75, 3.05) is 53.7 Å². The van der Waals surface area contributed by atoms with Crippen LogP contribution in [0.25, 0.3) is 21.7 Å². The monoisotopic (exact) mass is 631 g/mol. The number of aliphatic hydroxyl groups excluding tert-OH is 1. The lowest BCUT2D eigenvalue weighted by Crippen LogP contribution is -2.63. The SMILES string of the molecule is CN(C)C(=O)N1CC=C(c2cc(S(=O)(=O)NC3(CF)COC3)cc3c2n(CCO)c(=O)n3-c2nnc(C(F)F)s2)CC1. The van der Waals surface area contributed by atoms with Gasteiger partial charge in [0.25, 0.3) is 6.43 Å². The van der Waals surface area contributed by atoms with E-state index in [1.807, 2.05) is 0 Å². The number of ether oxygens (including phenoxy) is 1. The molecule has 0 atom stereocenters. The normalized spacial score (nSPS) is 17.0. The number of nitrogens with one attached hydrogen (secondary N) is 1. The number of hydrogen-bond acceptors (Lipinski definition) is 9. The van der Waals surface area contributed by atoms with Gasteiger partial charge < -0.3 is 19.6 Å². The van der Waals surface area contributed by atoms with Crippen molar-refractivity contribution in [2.24, 2.45) is 0 Å². The molecule has 2 amide bonds. The molecule has 2 aliphatic rings. The van der Waals surface area contributed by atoms with E-state index in [0.717, 1.165) is 4.57 Å². The molecule has 0 unspecified atom stereocenters. The predicted octanol–water partition coefficient (Wildman–Crippen LogP) is 1.36. The third-order valence-electron chi connectivity index (χ3n) is 7.01. The Morgan fingerprint density at radius 3 is 2.55 bits per heavy atom. The van der Waals surface area contributed by atoms with Crippen molar-refractivity contribution in [2.45, 2.75) is 29.8 Å². The van der Waals surface area contributed by atoms with Crippen molar-refractivity contribution < 1.29 is 36.2 Å². The van der Waals surface area contributed by atoms with Gasteiger partial charge in [0, 0.05) is 32.7 Å². The molecule has 0 radical (unpaired) electrons. The Hall–Kier alpha value is -3.32. The summed E-state index contributed by atoms with van der Waals surface area (Å²) >= 11 is 0.462. The number of benzene rings is 1. The molecule has 18 heteroatoms. The number of rotatable bonds is 9. The summed E-state index contributed by atoms with van der Waals surface area (Å²) in [5.74, 6) is 0. The van der Waals surface area contributed by atoms with Gasteiger partial charge in [-0.15, -0.1) is 10.2 Å². The van der Waals surface area contributed by atoms with E-state index in [-0.39, 0.29) is 53.4 Å². The highest BCUT2D eigenvalue weighted by Crippen LogP contribution is 2.35. The predicted molar refractivity (Wildman–Crippen MR) is 146 cm³/mol. The van der Waals surface area contributed by atoms with Gasteiger partial charge in [-0.25, -0.2) is 35.7 Å². The van der Waals surface area contributed by atoms with Crippen LogP contribution in [0.3, 0.4) is 0 Å². The minimum atomic E-state index is -4.40. The molecule has 0 bridgehead atoms. The van der Waals surface area contributed by atoms with Crippen LogP contribution in [0, 0.1) is 0 Å². The van der Waals surface area contributed by atoms with Gasteiger partial charge in [0.2, 0.25) is 15.2 Å². The quantitative estimate of drug-likeness (QED) is 0.359. The first kappa shape index (κ1) is 30.1. The lowest BCUT2D eigenvalue weighted by atomic mass is 9.98. The van der Waals surface area contributed by atoms with Crippen molar-refractivity contribution in [3.05, 3.63) is 39.3 Å². The van der Waals surface area contributed by atoms with Crippen LogP contribution < -0.4 is 10.4 Å². The van der Waals surface area contributed by atoms with Crippen molar-refractivity contribution >= 4 is 44.0 Å². The van der Waals surface area contributed by atoms with E-state index in [1.54, 1.807) is 25.1 Å². The molecular weight excluding hydrogens is 603 g/mol. The van der Waals surface area contributed by atoms with Gasteiger partial charge in [-0.05, 0) is 24.1 Å². The average molecular weight is 632 g/mol. The van der Waals surface area contributed by atoms with Crippen LogP contribution in [-0.4, -0.2) is 108 Å². The number of carbonyl (C=O) groups is 1. The number of carbonyl (C=O) groups excluding carboxylic acids is 1. The number of hydrogen-bond donors (Lipinski definition) is 2. The molecule has 4 heterocycles. The molecule has 0 saturated carbocycles. The number of alkyl halides is 3. The van der Waals surface area contributed by atoms with E-state index >= 15 is 0 Å². The molecule has 228 valence electrons. The number of sulfonamides is 1. The first-order valence-electron chi connectivity index (χ1n) is 12.8. The van der Waals surface area contributed by atoms with Gasteiger partial charge >= 0.3 is 11.7 Å². The molecule has 0 aliphatic carbocycles. The number of aliphatic hydroxyl groups is 1. The zero-order chi connectivity index (χ0) is 30.4. The van der Waals surface area contributed by atoms with Crippen molar-refractivity contribution in [3.8, 4) is 5.13 Å². The summed E-state index contributed by atoms with van der Waals surface area (Å²) in [5, 5.41) is 16.1. The number of fused-ring (bicyclic) bond motifs is 1. The van der Waals surface area contributed by atoms with E-state index in [0.29, 0.717) is 35.4 Å². The number of nitrogens with zero attached hydrogens (tertiary/aromatic N) is 6. The Bertz CT molecular complexity index is 1710. The van der Waals surface area contributed by atoms with Crippen LogP contribution in [0.4, 0.5) is 18.0 Å². The fourth-order valence-electron chi connectivity index (χ4n) is 4.89. The van der Waals surface area contributed by atoms with Gasteiger partial charge in [-0.2, -0.15) is 4.72 Å². The Labute approximate surface area is 241 Å². The molecule has 3 aromatic rings. The van der Waals surface area contributed by atoms with E-state index in [4.69, 9.17) is 4.74 Å². The lowest BCUT2D eigenvalue weighted by Gasteiger charge is -2.39. The van der Waals surface area contributed by atoms with E-state index < -0.39 is 46.0 Å². The van der Waals surface area contributed by atoms with Crippen LogP contribution in [0.2, 0.25) is 0 Å². The van der Waals surface area contributed by atoms with Gasteiger partial charge in [-0.3, -0.25) is 4.57 Å². The van der Waals surface area contributed by atoms with Gasteiger partial charge in [0.1, 0.15) is 12.2 Å². The fraction of sp³-hybridized carbons (Fsp3) is 0.500. The Kier molecular flexibility index (Phi) is 8.18. The number of amides is 2. The minimum absolute atomic E-state index is 0.00940. The second-order valence-electron chi connectivity index (χ2n) is 10.2. The number of aromatic nitrogens is 4. The van der Waals surface area contributed by atoms with E-state index in [9.17, 15) is 36.3 Å². The maximum Gasteiger partial charge on any atom is 0.335 e. The van der Waals surface area contributed by atoms with Crippen LogP contribution >= 0.6 is 11.3 Å². The van der Waals surface area contributed by atoms with Crippen LogP contribution in [0.15, 0.2) is 27.9 Å². The Morgan fingerprint density at radius 2 is 2.02 bits per heavy atom. The molecule has 2 aliphatic heterocycles. The number of urea groups is 1. The average Bonchev–Trinajstić information content (AvgIpc) is 3.53. The van der Waals surface area contributed by atoms with Crippen molar-refractivity contribution in [3.63, 3.8) is 0 Å². The summed E-state index contributed by atoms with van der Waals surface area (Å²) in [6, 6.07) is 2.30. The summed E-state index contributed by atoms with van der Waals surface area (Å²) in [4.78, 5) is 28.8. The molecule has 1 saturated heterocycles. The fourth-order valence-corrected chi connectivity index (χ4v) is 7.00. The standard InChI is InChI=1S/C24H28F3N7O6S2/c1-31(2)22(36)32-5-3-14(4-6-32)16-9-15(42(38,39)30-24(11-25)12-40-13-24)10-17-18(16)33(7-8-35)23(37)34(17)21-29-28-20(41-21)19(26)27/h3,9-10,19,30,35H,4-8,11-13H2,1-2H3. The summed E-state index contributed by atoms with van der Waals surface area (Å²) in [6.45, 7) is -1.51. The summed E-state index contributed by atoms with van der Waals surface area (Å²) < 4.78 is 77.3. The Morgan fingerprint density at radius 1 is 1.29 bits per heavy atom. The maximum absolute atomic E-state index is 13.8. The third-order valence-corrected chi connectivity index (χ3v) is 9.48. The van der Waals surface area contributed by atoms with Gasteiger partial charge in [-0.1, -0.05) is 17.4 Å². The molecule has 2 N–H and O–H groups in total. The zero-order valence-electron chi connectivity index (χ0n) is 22.6. The smallest absolute Gasteiger partial charge is 0.335 e. The molecule has 13 nitrogen and oxygen atoms in total. The van der Waals surface area contributed by atoms with Crippen molar-refractivity contribution in [1.29, 1.82) is 0 Å². The molecule has 42 heavy (non-hydrogen) atoms. The molecular formula is C24H28F3N7O6S2. The molecule has 1 aromatic carbocycles. The van der Waals surface area contributed by atoms with E-state index in [1.165, 1.54) is 21.6 Å². The molecule has 2 aromatic heterocycles. The highest BCUT2D eigenvalue weighted by atomic mass is 32.2. The highest BCUT2D eigenvalue weighted by molar-refractivity contribution is 7.89. The second-order valence-corrected chi connectivity index (χ2v) is 12.8. The summed E-state index contributed by atoms with van der Waals surface area (Å²) in [6.07, 6.45) is -0.923. The van der Waals surface area contributed by atoms with E-state index in [2.05, 4.69) is 14.9 Å². The first-order valence-corrected chi connectivity index (χ1v) is 15.1. The molecule has 1 fully saturated rings. The first-order chi connectivity index (χ1) is 19.9. The zero-order valence-corrected chi connectivity index (χ0v) is 24.2.